The number of benzene rings is 2. The Morgan fingerprint density at radius 2 is 1.92 bits per heavy atom. The molecule has 5 aromatic rings. The Balaban J connectivity index is 1.47. The van der Waals surface area contributed by atoms with Crippen molar-refractivity contribution >= 4 is 50.8 Å². The Labute approximate surface area is 221 Å². The summed E-state index contributed by atoms with van der Waals surface area (Å²) in [7, 11) is 0. The van der Waals surface area contributed by atoms with Gasteiger partial charge in [0.1, 0.15) is 10.8 Å². The molecule has 0 saturated heterocycles. The largest absolute Gasteiger partial charge is 0.481 e. The summed E-state index contributed by atoms with van der Waals surface area (Å²) in [5, 5.41) is 11.0. The lowest BCUT2D eigenvalue weighted by molar-refractivity contribution is -0.136. The summed E-state index contributed by atoms with van der Waals surface area (Å²) in [6.07, 6.45) is 4.84. The summed E-state index contributed by atoms with van der Waals surface area (Å²) in [4.78, 5) is 39.7. The Morgan fingerprint density at radius 3 is 2.68 bits per heavy atom. The molecule has 1 aliphatic heterocycles. The standard InChI is InChI=1S/C28H19ClN4O3S/c1-15-10-22-26(25(20(15)12-24(34)35)16-2-4-19(29)5-3-16)37-27(32-22)17-7-9-31-23(11-17)33-14-18-6-8-30-13-21(18)28(33)36/h2-11,13H,12,14H2,1H3,(H,34,35). The van der Waals surface area contributed by atoms with Crippen molar-refractivity contribution in [3.05, 3.63) is 94.4 Å². The highest BCUT2D eigenvalue weighted by Crippen LogP contribution is 2.41. The molecular weight excluding hydrogens is 508 g/mol. The maximum atomic E-state index is 12.9. The zero-order valence-electron chi connectivity index (χ0n) is 19.6. The third-order valence-electron chi connectivity index (χ3n) is 6.46. The number of carbonyl (C=O) groups excluding carboxylic acids is 1. The SMILES string of the molecule is Cc1cc2nc(-c3ccnc(N4Cc5ccncc5C4=O)c3)sc2c(-c2ccc(Cl)cc2)c1CC(=O)O. The van der Waals surface area contributed by atoms with Crippen LogP contribution in [0.2, 0.25) is 5.02 Å². The second-order valence-electron chi connectivity index (χ2n) is 8.82. The topological polar surface area (TPSA) is 96.3 Å². The number of aryl methyl sites for hydroxylation is 1. The first-order valence-corrected chi connectivity index (χ1v) is 12.7. The van der Waals surface area contributed by atoms with E-state index in [1.165, 1.54) is 11.3 Å². The fourth-order valence-corrected chi connectivity index (χ4v) is 5.95. The number of halogens is 1. The molecule has 0 fully saturated rings. The Hall–Kier alpha value is -4.14. The molecule has 1 amide bonds. The van der Waals surface area contributed by atoms with Crippen LogP contribution in [-0.2, 0) is 17.8 Å². The molecule has 0 aliphatic carbocycles. The molecule has 182 valence electrons. The number of hydrogen-bond donors (Lipinski definition) is 1. The molecule has 4 heterocycles. The van der Waals surface area contributed by atoms with Gasteiger partial charge >= 0.3 is 5.97 Å². The number of hydrogen-bond acceptors (Lipinski definition) is 6. The van der Waals surface area contributed by atoms with Crippen LogP contribution in [0.1, 0.15) is 27.0 Å². The van der Waals surface area contributed by atoms with Gasteiger partial charge in [0.15, 0.2) is 0 Å². The summed E-state index contributed by atoms with van der Waals surface area (Å²) in [6.45, 7) is 2.34. The van der Waals surface area contributed by atoms with Crippen LogP contribution >= 0.6 is 22.9 Å². The van der Waals surface area contributed by atoms with Crippen molar-refractivity contribution in [2.45, 2.75) is 19.9 Å². The minimum atomic E-state index is -0.896. The van der Waals surface area contributed by atoms with E-state index < -0.39 is 5.97 Å². The van der Waals surface area contributed by atoms with Crippen molar-refractivity contribution in [2.24, 2.45) is 0 Å². The fourth-order valence-electron chi connectivity index (χ4n) is 4.69. The molecule has 9 heteroatoms. The second-order valence-corrected chi connectivity index (χ2v) is 10.3. The number of carbonyl (C=O) groups is 2. The van der Waals surface area contributed by atoms with Gasteiger partial charge in [-0.25, -0.2) is 9.97 Å². The van der Waals surface area contributed by atoms with Gasteiger partial charge in [0, 0.05) is 34.7 Å². The van der Waals surface area contributed by atoms with Gasteiger partial charge in [0.05, 0.1) is 28.7 Å². The van der Waals surface area contributed by atoms with Crippen LogP contribution in [0.3, 0.4) is 0 Å². The second kappa shape index (κ2) is 9.06. The number of fused-ring (bicyclic) bond motifs is 2. The quantitative estimate of drug-likeness (QED) is 0.294. The average Bonchev–Trinajstić information content (AvgIpc) is 3.46. The van der Waals surface area contributed by atoms with Gasteiger partial charge < -0.3 is 5.11 Å². The van der Waals surface area contributed by atoms with E-state index in [4.69, 9.17) is 16.6 Å². The van der Waals surface area contributed by atoms with E-state index in [1.54, 1.807) is 35.6 Å². The van der Waals surface area contributed by atoms with Crippen LogP contribution in [0, 0.1) is 6.92 Å². The molecule has 2 aromatic carbocycles. The summed E-state index contributed by atoms with van der Waals surface area (Å²) in [6, 6.07) is 14.9. The Bertz CT molecular complexity index is 1720. The third-order valence-corrected chi connectivity index (χ3v) is 7.85. The summed E-state index contributed by atoms with van der Waals surface area (Å²) in [5.41, 5.74) is 6.46. The number of thiazole rings is 1. The monoisotopic (exact) mass is 526 g/mol. The molecular formula is C28H19ClN4O3S. The first-order valence-electron chi connectivity index (χ1n) is 11.5. The summed E-state index contributed by atoms with van der Waals surface area (Å²) < 4.78 is 0.897. The molecule has 0 radical (unpaired) electrons. The number of carboxylic acid groups (broad SMARTS) is 1. The van der Waals surface area contributed by atoms with Crippen molar-refractivity contribution in [2.75, 3.05) is 4.90 Å². The lowest BCUT2D eigenvalue weighted by Crippen LogP contribution is -2.24. The molecule has 7 nitrogen and oxygen atoms in total. The van der Waals surface area contributed by atoms with Crippen LogP contribution in [0.15, 0.2) is 67.1 Å². The van der Waals surface area contributed by atoms with Gasteiger partial charge in [-0.15, -0.1) is 11.3 Å². The third kappa shape index (κ3) is 4.14. The first-order chi connectivity index (χ1) is 17.9. The Morgan fingerprint density at radius 1 is 1.11 bits per heavy atom. The van der Waals surface area contributed by atoms with Crippen LogP contribution in [0.5, 0.6) is 0 Å². The molecule has 0 atom stereocenters. The van der Waals surface area contributed by atoms with Gasteiger partial charge in [-0.2, -0.15) is 0 Å². The minimum Gasteiger partial charge on any atom is -0.481 e. The van der Waals surface area contributed by atoms with Gasteiger partial charge in [0.25, 0.3) is 5.91 Å². The number of aliphatic carboxylic acids is 1. The molecule has 6 rings (SSSR count). The zero-order chi connectivity index (χ0) is 25.7. The number of nitrogens with zero attached hydrogens (tertiary/aromatic N) is 4. The van der Waals surface area contributed by atoms with Crippen LogP contribution in [0.4, 0.5) is 5.82 Å². The molecule has 37 heavy (non-hydrogen) atoms. The van der Waals surface area contributed by atoms with Gasteiger partial charge in [-0.05, 0) is 65.6 Å². The number of pyridine rings is 2. The molecule has 0 saturated carbocycles. The van der Waals surface area contributed by atoms with E-state index in [1.807, 2.05) is 43.3 Å². The van der Waals surface area contributed by atoms with Crippen LogP contribution in [0.25, 0.3) is 31.9 Å². The number of anilines is 1. The maximum Gasteiger partial charge on any atom is 0.307 e. The number of carboxylic acids is 1. The van der Waals surface area contributed by atoms with E-state index in [-0.39, 0.29) is 12.3 Å². The van der Waals surface area contributed by atoms with E-state index in [9.17, 15) is 14.7 Å². The van der Waals surface area contributed by atoms with Crippen molar-refractivity contribution < 1.29 is 14.7 Å². The normalized spacial score (nSPS) is 12.8. The zero-order valence-corrected chi connectivity index (χ0v) is 21.2. The fraction of sp³-hybridized carbons (Fsp3) is 0.107. The smallest absolute Gasteiger partial charge is 0.307 e. The van der Waals surface area contributed by atoms with Gasteiger partial charge in [-0.1, -0.05) is 23.7 Å². The molecule has 0 unspecified atom stereocenters. The summed E-state index contributed by atoms with van der Waals surface area (Å²) >= 11 is 7.61. The number of aromatic nitrogens is 3. The van der Waals surface area contributed by atoms with Gasteiger partial charge in [-0.3, -0.25) is 19.5 Å². The molecule has 0 bridgehead atoms. The lowest BCUT2D eigenvalue weighted by Gasteiger charge is -2.14. The van der Waals surface area contributed by atoms with Crippen molar-refractivity contribution in [1.82, 2.24) is 15.0 Å². The molecule has 1 N–H and O–H groups in total. The highest BCUT2D eigenvalue weighted by atomic mass is 35.5. The predicted molar refractivity (Wildman–Crippen MR) is 144 cm³/mol. The van der Waals surface area contributed by atoms with E-state index in [2.05, 4.69) is 9.97 Å². The van der Waals surface area contributed by atoms with Crippen LogP contribution in [-0.4, -0.2) is 31.9 Å². The summed E-state index contributed by atoms with van der Waals surface area (Å²) in [5.74, 6) is -0.484. The van der Waals surface area contributed by atoms with Crippen molar-refractivity contribution in [1.29, 1.82) is 0 Å². The van der Waals surface area contributed by atoms with Crippen LogP contribution < -0.4 is 4.90 Å². The highest BCUT2D eigenvalue weighted by molar-refractivity contribution is 7.22. The van der Waals surface area contributed by atoms with E-state index >= 15 is 0 Å². The minimum absolute atomic E-state index is 0.0984. The number of rotatable bonds is 5. The highest BCUT2D eigenvalue weighted by Gasteiger charge is 2.29. The molecule has 3 aromatic heterocycles. The van der Waals surface area contributed by atoms with Gasteiger partial charge in [0.2, 0.25) is 0 Å². The van der Waals surface area contributed by atoms with E-state index in [0.29, 0.717) is 22.9 Å². The predicted octanol–water partition coefficient (Wildman–Crippen LogP) is 6.17. The average molecular weight is 527 g/mol. The lowest BCUT2D eigenvalue weighted by atomic mass is 9.93. The Kier molecular flexibility index (Phi) is 5.70. The van der Waals surface area contributed by atoms with E-state index in [0.717, 1.165) is 48.6 Å². The molecule has 1 aliphatic rings. The molecule has 0 spiro atoms. The van der Waals surface area contributed by atoms with Crippen molar-refractivity contribution in [3.8, 4) is 21.7 Å². The van der Waals surface area contributed by atoms with Crippen molar-refractivity contribution in [3.63, 3.8) is 0 Å². The number of amides is 1. The first kappa shape index (κ1) is 23.3. The maximum absolute atomic E-state index is 12.9.